The summed E-state index contributed by atoms with van der Waals surface area (Å²) in [5, 5.41) is 12.8. The van der Waals surface area contributed by atoms with Crippen LogP contribution >= 0.6 is 0 Å². The van der Waals surface area contributed by atoms with Crippen LogP contribution in [0.3, 0.4) is 0 Å². The Balaban J connectivity index is 1.74. The molecule has 1 saturated heterocycles. The van der Waals surface area contributed by atoms with E-state index in [1.807, 2.05) is 25.7 Å². The van der Waals surface area contributed by atoms with Gasteiger partial charge in [0.2, 0.25) is 0 Å². The number of aromatic nitrogens is 3. The molecule has 22 heavy (non-hydrogen) atoms. The number of piperidine rings is 1. The first-order valence-electron chi connectivity index (χ1n) is 7.86. The van der Waals surface area contributed by atoms with E-state index in [1.54, 1.807) is 0 Å². The maximum absolute atomic E-state index is 4.36. The van der Waals surface area contributed by atoms with Gasteiger partial charge in [-0.3, -0.25) is 0 Å². The van der Waals surface area contributed by atoms with Gasteiger partial charge in [-0.15, -0.1) is 10.2 Å². The Kier molecular flexibility index (Phi) is 4.26. The number of hydrogen-bond acceptors (Lipinski definition) is 4. The first-order chi connectivity index (χ1) is 10.9. The Hall–Kier alpha value is -1.19. The molecule has 2 saturated carbocycles. The summed E-state index contributed by atoms with van der Waals surface area (Å²) in [6.07, 6.45) is 20.3. The van der Waals surface area contributed by atoms with Crippen LogP contribution in [0.5, 0.6) is 0 Å². The zero-order valence-electron chi connectivity index (χ0n) is 12.4. The van der Waals surface area contributed by atoms with Crippen molar-refractivity contribution < 1.29 is 0 Å². The van der Waals surface area contributed by atoms with Crippen LogP contribution in [0.1, 0.15) is 30.7 Å². The van der Waals surface area contributed by atoms with Gasteiger partial charge in [-0.25, -0.2) is 0 Å². The second kappa shape index (κ2) is 6.51. The van der Waals surface area contributed by atoms with Crippen LogP contribution < -0.4 is 4.90 Å². The van der Waals surface area contributed by atoms with Gasteiger partial charge in [0.05, 0.1) is 17.1 Å². The van der Waals surface area contributed by atoms with Gasteiger partial charge in [-0.1, -0.05) is 0 Å². The molecule has 0 aromatic carbocycles. The molecule has 4 rings (SSSR count). The Morgan fingerprint density at radius 2 is 1.18 bits per heavy atom. The van der Waals surface area contributed by atoms with Crippen molar-refractivity contribution >= 4 is 5.69 Å². The zero-order chi connectivity index (χ0) is 14.8. The lowest BCUT2D eigenvalue weighted by atomic mass is 9.94. The fourth-order valence-corrected chi connectivity index (χ4v) is 3.19. The lowest BCUT2D eigenvalue weighted by molar-refractivity contribution is 0.571. The van der Waals surface area contributed by atoms with Crippen LogP contribution in [0, 0.1) is 63.2 Å². The van der Waals surface area contributed by atoms with Crippen molar-refractivity contribution in [3.05, 3.63) is 74.6 Å². The van der Waals surface area contributed by atoms with E-state index in [4.69, 9.17) is 0 Å². The highest BCUT2D eigenvalue weighted by atomic mass is 15.3. The van der Waals surface area contributed by atoms with E-state index in [0.29, 0.717) is 0 Å². The van der Waals surface area contributed by atoms with E-state index in [2.05, 4.69) is 46.0 Å². The van der Waals surface area contributed by atoms with Crippen LogP contribution in [0.25, 0.3) is 0 Å². The highest BCUT2D eigenvalue weighted by Gasteiger charge is 2.33. The van der Waals surface area contributed by atoms with Gasteiger partial charge in [-0.05, 0) is 75.8 Å². The third-order valence-electron chi connectivity index (χ3n) is 4.28. The molecule has 10 radical (unpaired) electrons. The van der Waals surface area contributed by atoms with E-state index in [1.165, 1.54) is 19.3 Å². The molecular weight excluding hydrogens is 272 g/mol. The molecule has 1 aromatic heterocycles. The van der Waals surface area contributed by atoms with E-state index >= 15 is 0 Å². The molecule has 1 aliphatic heterocycles. The fraction of sp³-hybridized carbons (Fsp3) is 0.278. The van der Waals surface area contributed by atoms with Crippen molar-refractivity contribution in [1.29, 1.82) is 0 Å². The lowest BCUT2D eigenvalue weighted by Gasteiger charge is -2.32. The van der Waals surface area contributed by atoms with Crippen molar-refractivity contribution in [2.75, 3.05) is 18.0 Å². The highest BCUT2D eigenvalue weighted by molar-refractivity contribution is 5.69. The molecule has 2 aliphatic carbocycles. The second-order valence-corrected chi connectivity index (χ2v) is 5.73. The fourth-order valence-electron chi connectivity index (χ4n) is 3.19. The zero-order valence-corrected chi connectivity index (χ0v) is 12.4. The summed E-state index contributed by atoms with van der Waals surface area (Å²) in [5.74, 6) is 2.23. The van der Waals surface area contributed by atoms with Gasteiger partial charge in [0, 0.05) is 24.9 Å². The van der Waals surface area contributed by atoms with Gasteiger partial charge in [-0.2, -0.15) is 0 Å². The van der Waals surface area contributed by atoms with E-state index in [-0.39, 0.29) is 0 Å². The highest BCUT2D eigenvalue weighted by Crippen LogP contribution is 2.41. The summed E-state index contributed by atoms with van der Waals surface area (Å²) in [4.78, 5) is 2.43. The molecule has 0 bridgehead atoms. The Morgan fingerprint density at radius 1 is 0.682 bits per heavy atom. The monoisotopic (exact) mass is 290 g/mol. The first-order valence-corrected chi connectivity index (χ1v) is 7.86. The quantitative estimate of drug-likeness (QED) is 0.857. The Morgan fingerprint density at radius 3 is 1.68 bits per heavy atom. The van der Waals surface area contributed by atoms with Crippen LogP contribution in [-0.2, 0) is 0 Å². The number of anilines is 1. The molecule has 0 N–H and O–H groups in total. The lowest BCUT2D eigenvalue weighted by Crippen LogP contribution is -2.33. The molecule has 3 aliphatic rings. The predicted octanol–water partition coefficient (Wildman–Crippen LogP) is 2.37. The van der Waals surface area contributed by atoms with Crippen LogP contribution in [0.15, 0.2) is 0 Å². The summed E-state index contributed by atoms with van der Waals surface area (Å²) in [6.45, 7) is 2.13. The number of nitrogens with zero attached hydrogens (tertiary/aromatic N) is 4. The van der Waals surface area contributed by atoms with Crippen LogP contribution in [-0.4, -0.2) is 28.5 Å². The average molecular weight is 290 g/mol. The minimum Gasteiger partial charge on any atom is -0.368 e. The average Bonchev–Trinajstić information content (AvgIpc) is 3.28. The van der Waals surface area contributed by atoms with Gasteiger partial charge in [0.25, 0.3) is 0 Å². The molecule has 110 valence electrons. The molecule has 2 heterocycles. The van der Waals surface area contributed by atoms with Crippen molar-refractivity contribution in [1.82, 2.24) is 15.4 Å². The third-order valence-corrected chi connectivity index (χ3v) is 4.28. The molecule has 0 spiro atoms. The molecule has 0 atom stereocenters. The standard InChI is InChI=1S/C18H18N4/c1-6-12-22(13-7-1)18-16(14-8-2-3-9-14)19-21-20-17(18)15-10-4-5-11-15/h2-5,8-11H,1,6-7,12-13H2. The molecule has 3 fully saturated rings. The predicted molar refractivity (Wildman–Crippen MR) is 85.0 cm³/mol. The smallest absolute Gasteiger partial charge is 0.0978 e. The minimum atomic E-state index is 0.943. The molecular formula is C18H18N4. The third kappa shape index (κ3) is 2.72. The summed E-state index contributed by atoms with van der Waals surface area (Å²) in [7, 11) is 0. The largest absolute Gasteiger partial charge is 0.368 e. The summed E-state index contributed by atoms with van der Waals surface area (Å²) < 4.78 is 0. The van der Waals surface area contributed by atoms with E-state index in [0.717, 1.165) is 42.0 Å². The summed E-state index contributed by atoms with van der Waals surface area (Å²) in [6, 6.07) is 0. The van der Waals surface area contributed by atoms with Crippen molar-refractivity contribution in [2.45, 2.75) is 19.3 Å². The van der Waals surface area contributed by atoms with E-state index in [9.17, 15) is 0 Å². The maximum atomic E-state index is 4.36. The number of rotatable bonds is 3. The van der Waals surface area contributed by atoms with Gasteiger partial charge < -0.3 is 4.90 Å². The summed E-state index contributed by atoms with van der Waals surface area (Å²) in [5.41, 5.74) is 3.02. The SMILES string of the molecule is [CH]1[CH][CH][C](c2nnnc([C]3[CH][CH][CH][CH]3)c2N2CCCCC2)[CH]1. The molecule has 0 amide bonds. The minimum absolute atomic E-state index is 0.943. The second-order valence-electron chi connectivity index (χ2n) is 5.73. The van der Waals surface area contributed by atoms with Gasteiger partial charge in [0.15, 0.2) is 0 Å². The molecule has 1 aromatic rings. The maximum Gasteiger partial charge on any atom is 0.0978 e. The van der Waals surface area contributed by atoms with E-state index < -0.39 is 0 Å². The van der Waals surface area contributed by atoms with Crippen molar-refractivity contribution in [2.24, 2.45) is 0 Å². The molecule has 4 heteroatoms. The number of hydrogen-bond donors (Lipinski definition) is 0. The Bertz CT molecular complexity index is 464. The first kappa shape index (κ1) is 14.4. The molecule has 0 unspecified atom stereocenters. The molecule has 4 nitrogen and oxygen atoms in total. The van der Waals surface area contributed by atoms with Crippen LogP contribution in [0.4, 0.5) is 5.69 Å². The van der Waals surface area contributed by atoms with Crippen LogP contribution in [0.2, 0.25) is 0 Å². The van der Waals surface area contributed by atoms with Crippen molar-refractivity contribution in [3.8, 4) is 0 Å². The van der Waals surface area contributed by atoms with Gasteiger partial charge >= 0.3 is 0 Å². The Labute approximate surface area is 133 Å². The van der Waals surface area contributed by atoms with Crippen molar-refractivity contribution in [3.63, 3.8) is 0 Å². The van der Waals surface area contributed by atoms with Gasteiger partial charge in [0.1, 0.15) is 0 Å². The topological polar surface area (TPSA) is 41.9 Å². The summed E-state index contributed by atoms with van der Waals surface area (Å²) >= 11 is 0. The normalized spacial score (nSPS) is 24.3.